The van der Waals surface area contributed by atoms with E-state index in [-0.39, 0.29) is 6.23 Å². The molecule has 0 aromatic heterocycles. The van der Waals surface area contributed by atoms with E-state index in [1.807, 2.05) is 30.3 Å². The zero-order valence-electron chi connectivity index (χ0n) is 6.33. The van der Waals surface area contributed by atoms with Gasteiger partial charge < -0.3 is 10.1 Å². The summed E-state index contributed by atoms with van der Waals surface area (Å²) >= 11 is 3.25. The normalized spacial score (nSPS) is 21.1. The minimum atomic E-state index is -0.0411. The number of hydrogen-bond acceptors (Lipinski definition) is 2. The van der Waals surface area contributed by atoms with Crippen LogP contribution in [0.4, 0.5) is 0 Å². The maximum absolute atomic E-state index is 5.41. The quantitative estimate of drug-likeness (QED) is 0.794. The molecule has 1 N–H and O–H groups in total. The van der Waals surface area contributed by atoms with Crippen molar-refractivity contribution in [1.29, 1.82) is 0 Å². The first-order chi connectivity index (χ1) is 5.86. The van der Waals surface area contributed by atoms with Crippen molar-refractivity contribution in [3.63, 3.8) is 0 Å². The van der Waals surface area contributed by atoms with E-state index in [4.69, 9.17) is 4.74 Å². The Labute approximate surface area is 79.4 Å². The Morgan fingerprint density at radius 3 is 2.58 bits per heavy atom. The number of hydrogen-bond donors (Lipinski definition) is 1. The third kappa shape index (κ3) is 1.46. The molecule has 0 saturated carbocycles. The lowest BCUT2D eigenvalue weighted by atomic mass is 10.2. The van der Waals surface area contributed by atoms with Crippen molar-refractivity contribution in [2.75, 3.05) is 0 Å². The van der Waals surface area contributed by atoms with Crippen molar-refractivity contribution in [1.82, 2.24) is 5.32 Å². The summed E-state index contributed by atoms with van der Waals surface area (Å²) in [5.74, 6) is 0. The van der Waals surface area contributed by atoms with Gasteiger partial charge in [0.25, 0.3) is 0 Å². The molecule has 1 aliphatic rings. The average Bonchev–Trinajstić information content (AvgIpc) is 2.54. The maximum Gasteiger partial charge on any atom is 0.196 e. The fourth-order valence-corrected chi connectivity index (χ4v) is 1.43. The minimum absolute atomic E-state index is 0.0411. The van der Waals surface area contributed by atoms with Crippen LogP contribution >= 0.6 is 15.9 Å². The highest BCUT2D eigenvalue weighted by Gasteiger charge is 2.16. The largest absolute Gasteiger partial charge is 0.458 e. The first-order valence-electron chi connectivity index (χ1n) is 3.69. The van der Waals surface area contributed by atoms with Crippen LogP contribution in [0.5, 0.6) is 0 Å². The van der Waals surface area contributed by atoms with E-state index in [0.717, 1.165) is 10.2 Å². The molecule has 1 aromatic rings. The second-order valence-electron chi connectivity index (χ2n) is 2.52. The highest BCUT2D eigenvalue weighted by Crippen LogP contribution is 2.25. The van der Waals surface area contributed by atoms with Gasteiger partial charge in [0.15, 0.2) is 10.9 Å². The smallest absolute Gasteiger partial charge is 0.196 e. The highest BCUT2D eigenvalue weighted by molar-refractivity contribution is 9.11. The highest BCUT2D eigenvalue weighted by atomic mass is 79.9. The molecule has 62 valence electrons. The van der Waals surface area contributed by atoms with Crippen LogP contribution in [0, 0.1) is 0 Å². The van der Waals surface area contributed by atoms with E-state index in [1.54, 1.807) is 6.20 Å². The summed E-state index contributed by atoms with van der Waals surface area (Å²) in [6.45, 7) is 0. The molecule has 1 atom stereocenters. The SMILES string of the molecule is BrC1=CNC(c2ccccc2)O1. The fraction of sp³-hybridized carbons (Fsp3) is 0.111. The van der Waals surface area contributed by atoms with Crippen LogP contribution in [0.1, 0.15) is 11.8 Å². The van der Waals surface area contributed by atoms with Gasteiger partial charge in [0.1, 0.15) is 0 Å². The Balaban J connectivity index is 2.14. The third-order valence-corrected chi connectivity index (χ3v) is 2.10. The summed E-state index contributed by atoms with van der Waals surface area (Å²) in [5, 5.41) is 3.09. The van der Waals surface area contributed by atoms with Crippen LogP contribution in [0.3, 0.4) is 0 Å². The van der Waals surface area contributed by atoms with Gasteiger partial charge in [0.2, 0.25) is 0 Å². The van der Waals surface area contributed by atoms with Crippen LogP contribution in [0.15, 0.2) is 41.2 Å². The molecule has 1 heterocycles. The van der Waals surface area contributed by atoms with Crippen molar-refractivity contribution < 1.29 is 4.74 Å². The van der Waals surface area contributed by atoms with E-state index < -0.39 is 0 Å². The minimum Gasteiger partial charge on any atom is -0.458 e. The number of halogens is 1. The van der Waals surface area contributed by atoms with Crippen molar-refractivity contribution in [2.24, 2.45) is 0 Å². The number of ether oxygens (including phenoxy) is 1. The molecule has 2 nitrogen and oxygen atoms in total. The molecule has 0 aliphatic carbocycles. The lowest BCUT2D eigenvalue weighted by Gasteiger charge is -2.11. The zero-order valence-corrected chi connectivity index (χ0v) is 7.91. The number of benzene rings is 1. The molecule has 1 unspecified atom stereocenters. The maximum atomic E-state index is 5.41. The Bertz CT molecular complexity index is 297. The zero-order chi connectivity index (χ0) is 8.39. The first-order valence-corrected chi connectivity index (χ1v) is 4.49. The van der Waals surface area contributed by atoms with Crippen LogP contribution in [-0.2, 0) is 4.74 Å². The second kappa shape index (κ2) is 3.19. The molecule has 2 rings (SSSR count). The molecule has 0 bridgehead atoms. The average molecular weight is 226 g/mol. The van der Waals surface area contributed by atoms with Crippen molar-refractivity contribution in [2.45, 2.75) is 6.23 Å². The van der Waals surface area contributed by atoms with Gasteiger partial charge in [-0.15, -0.1) is 0 Å². The summed E-state index contributed by atoms with van der Waals surface area (Å²) in [7, 11) is 0. The van der Waals surface area contributed by atoms with Crippen LogP contribution in [0.25, 0.3) is 0 Å². The Morgan fingerprint density at radius 1 is 1.25 bits per heavy atom. The van der Waals surface area contributed by atoms with E-state index in [0.29, 0.717) is 0 Å². The van der Waals surface area contributed by atoms with Gasteiger partial charge in [-0.25, -0.2) is 0 Å². The van der Waals surface area contributed by atoms with Crippen molar-refractivity contribution in [3.8, 4) is 0 Å². The van der Waals surface area contributed by atoms with E-state index >= 15 is 0 Å². The molecule has 0 saturated heterocycles. The molecule has 0 fully saturated rings. The van der Waals surface area contributed by atoms with E-state index in [1.165, 1.54) is 0 Å². The first kappa shape index (κ1) is 7.68. The van der Waals surface area contributed by atoms with Gasteiger partial charge >= 0.3 is 0 Å². The summed E-state index contributed by atoms with van der Waals surface area (Å²) in [6, 6.07) is 10.0. The lowest BCUT2D eigenvalue weighted by molar-refractivity contribution is 0.149. The predicted molar refractivity (Wildman–Crippen MR) is 50.4 cm³/mol. The predicted octanol–water partition coefficient (Wildman–Crippen LogP) is 2.50. The van der Waals surface area contributed by atoms with Crippen LogP contribution < -0.4 is 5.32 Å². The van der Waals surface area contributed by atoms with Gasteiger partial charge in [0, 0.05) is 11.8 Å². The summed E-state index contributed by atoms with van der Waals surface area (Å²) in [5.41, 5.74) is 1.13. The topological polar surface area (TPSA) is 21.3 Å². The molecule has 1 aliphatic heterocycles. The molecule has 3 heteroatoms. The van der Waals surface area contributed by atoms with Gasteiger partial charge in [-0.2, -0.15) is 0 Å². The molecule has 1 aromatic carbocycles. The molecule has 0 radical (unpaired) electrons. The van der Waals surface area contributed by atoms with E-state index in [9.17, 15) is 0 Å². The molecular weight excluding hydrogens is 218 g/mol. The van der Waals surface area contributed by atoms with E-state index in [2.05, 4.69) is 21.2 Å². The Hall–Kier alpha value is -0.960. The Morgan fingerprint density at radius 2 is 2.00 bits per heavy atom. The Kier molecular flexibility index (Phi) is 2.04. The third-order valence-electron chi connectivity index (χ3n) is 1.68. The van der Waals surface area contributed by atoms with Gasteiger partial charge in [-0.1, -0.05) is 30.3 Å². The van der Waals surface area contributed by atoms with Crippen LogP contribution in [-0.4, -0.2) is 0 Å². The number of rotatable bonds is 1. The second-order valence-corrected chi connectivity index (χ2v) is 3.31. The lowest BCUT2D eigenvalue weighted by Crippen LogP contribution is -2.10. The molecule has 0 amide bonds. The van der Waals surface area contributed by atoms with Crippen molar-refractivity contribution >= 4 is 15.9 Å². The van der Waals surface area contributed by atoms with Gasteiger partial charge in [-0.05, 0) is 15.9 Å². The molecule has 0 spiro atoms. The van der Waals surface area contributed by atoms with Gasteiger partial charge in [-0.3, -0.25) is 0 Å². The summed E-state index contributed by atoms with van der Waals surface area (Å²) < 4.78 is 6.16. The van der Waals surface area contributed by atoms with Gasteiger partial charge in [0.05, 0.1) is 0 Å². The number of nitrogens with one attached hydrogen (secondary N) is 1. The molecule has 12 heavy (non-hydrogen) atoms. The summed E-state index contributed by atoms with van der Waals surface area (Å²) in [4.78, 5) is 0. The fourth-order valence-electron chi connectivity index (χ4n) is 1.11. The monoisotopic (exact) mass is 225 g/mol. The van der Waals surface area contributed by atoms with Crippen LogP contribution in [0.2, 0.25) is 0 Å². The summed E-state index contributed by atoms with van der Waals surface area (Å²) in [6.07, 6.45) is 1.76. The van der Waals surface area contributed by atoms with Crippen molar-refractivity contribution in [3.05, 3.63) is 46.8 Å². The standard InChI is InChI=1S/C9H8BrNO/c10-8-6-11-9(12-8)7-4-2-1-3-5-7/h1-6,9,11H. The molecular formula is C9H8BrNO.